The van der Waals surface area contributed by atoms with Crippen molar-refractivity contribution in [1.82, 2.24) is 0 Å². The van der Waals surface area contributed by atoms with Crippen molar-refractivity contribution < 1.29 is 17.9 Å². The van der Waals surface area contributed by atoms with Crippen LogP contribution in [0.15, 0.2) is 24.3 Å². The zero-order chi connectivity index (χ0) is 12.2. The third-order valence-corrected chi connectivity index (χ3v) is 3.68. The average Bonchev–Trinajstić information content (AvgIpc) is 2.20. The number of carbonyl (C=O) groups excluding carboxylic acids is 1. The van der Waals surface area contributed by atoms with E-state index < -0.39 is 15.3 Å². The molecule has 6 heteroatoms. The second kappa shape index (κ2) is 4.98. The number of ether oxygens (including phenoxy) is 1. The average molecular weight is 243 g/mol. The van der Waals surface area contributed by atoms with Crippen molar-refractivity contribution in [3.05, 3.63) is 24.3 Å². The van der Waals surface area contributed by atoms with Gasteiger partial charge < -0.3 is 4.74 Å². The van der Waals surface area contributed by atoms with Crippen LogP contribution in [0, 0.1) is 0 Å². The normalized spacial score (nSPS) is 11.2. The van der Waals surface area contributed by atoms with Crippen LogP contribution < -0.4 is 9.46 Å². The van der Waals surface area contributed by atoms with Crippen LogP contribution in [-0.4, -0.2) is 20.1 Å². The quantitative estimate of drug-likeness (QED) is 0.793. The van der Waals surface area contributed by atoms with Gasteiger partial charge in [-0.05, 0) is 26.0 Å². The Morgan fingerprint density at radius 1 is 1.31 bits per heavy atom. The molecule has 0 spiro atoms. The minimum Gasteiger partial charge on any atom is -0.427 e. The lowest BCUT2D eigenvalue weighted by molar-refractivity contribution is -0.120. The highest BCUT2D eigenvalue weighted by atomic mass is 32.2. The van der Waals surface area contributed by atoms with Crippen molar-refractivity contribution >= 4 is 22.2 Å². The van der Waals surface area contributed by atoms with Gasteiger partial charge in [-0.15, -0.1) is 0 Å². The Morgan fingerprint density at radius 3 is 2.50 bits per heavy atom. The molecule has 5 nitrogen and oxygen atoms in total. The van der Waals surface area contributed by atoms with E-state index in [4.69, 9.17) is 0 Å². The van der Waals surface area contributed by atoms with E-state index in [1.54, 1.807) is 26.0 Å². The highest BCUT2D eigenvalue weighted by molar-refractivity contribution is 7.93. The Balaban J connectivity index is 3.01. The fourth-order valence-electron chi connectivity index (χ4n) is 0.977. The van der Waals surface area contributed by atoms with Gasteiger partial charge in [0.15, 0.2) is 5.75 Å². The van der Waals surface area contributed by atoms with Gasteiger partial charge >= 0.3 is 0 Å². The summed E-state index contributed by atoms with van der Waals surface area (Å²) in [6.07, 6.45) is 0. The van der Waals surface area contributed by atoms with E-state index in [1.165, 1.54) is 12.1 Å². The molecule has 1 aromatic carbocycles. The van der Waals surface area contributed by atoms with E-state index in [2.05, 4.69) is 9.46 Å². The second-order valence-corrected chi connectivity index (χ2v) is 5.64. The van der Waals surface area contributed by atoms with E-state index in [9.17, 15) is 13.2 Å². The van der Waals surface area contributed by atoms with Crippen LogP contribution in [0.1, 0.15) is 13.8 Å². The Labute approximate surface area is 94.5 Å². The number of anilines is 1. The third-order valence-electron chi connectivity index (χ3n) is 1.93. The minimum atomic E-state index is -3.44. The molecular formula is C10H13NO4S. The molecule has 0 saturated carbocycles. The third kappa shape index (κ3) is 2.96. The molecule has 0 amide bonds. The van der Waals surface area contributed by atoms with Crippen LogP contribution in [0.25, 0.3) is 0 Å². The Bertz CT molecular complexity index is 467. The first-order valence-corrected chi connectivity index (χ1v) is 6.23. The summed E-state index contributed by atoms with van der Waals surface area (Å²) < 4.78 is 30.2. The number of hydrogen-bond donors (Lipinski definition) is 1. The highest BCUT2D eigenvalue weighted by Gasteiger charge is 2.17. The summed E-state index contributed by atoms with van der Waals surface area (Å²) in [6, 6.07) is 6.33. The molecule has 0 atom stereocenters. The van der Waals surface area contributed by atoms with E-state index >= 15 is 0 Å². The van der Waals surface area contributed by atoms with E-state index in [0.29, 0.717) is 0 Å². The molecule has 0 unspecified atom stereocenters. The van der Waals surface area contributed by atoms with Gasteiger partial charge in [0, 0.05) is 0 Å². The van der Waals surface area contributed by atoms with Gasteiger partial charge in [-0.25, -0.2) is 8.42 Å². The summed E-state index contributed by atoms with van der Waals surface area (Å²) in [5.74, 6) is 0.182. The van der Waals surface area contributed by atoms with Crippen LogP contribution in [0.2, 0.25) is 0 Å². The summed E-state index contributed by atoms with van der Waals surface area (Å²) in [7, 11) is -3.44. The number of nitrogens with one attached hydrogen (secondary N) is 1. The molecule has 0 fully saturated rings. The minimum absolute atomic E-state index is 0.182. The van der Waals surface area contributed by atoms with Gasteiger partial charge in [-0.1, -0.05) is 12.1 Å². The molecule has 88 valence electrons. The van der Waals surface area contributed by atoms with Gasteiger partial charge in [0.05, 0.1) is 10.9 Å². The number of benzene rings is 1. The number of hydrogen-bond acceptors (Lipinski definition) is 4. The smallest absolute Gasteiger partial charge is 0.298 e. The molecule has 0 bridgehead atoms. The molecule has 0 radical (unpaired) electrons. The Hall–Kier alpha value is -1.56. The standard InChI is InChI=1S/C10H13NO4S/c1-8(2)16(13,14)11-9-5-3-4-6-10(9)15-7-12/h3-8,11H,1-2H3. The molecule has 0 aliphatic heterocycles. The molecule has 0 aromatic heterocycles. The molecule has 1 N–H and O–H groups in total. The van der Waals surface area contributed by atoms with Crippen LogP contribution >= 0.6 is 0 Å². The zero-order valence-electron chi connectivity index (χ0n) is 9.01. The number of rotatable bonds is 5. The van der Waals surface area contributed by atoms with Crippen LogP contribution in [0.4, 0.5) is 5.69 Å². The van der Waals surface area contributed by atoms with Gasteiger partial charge in [0.1, 0.15) is 0 Å². The lowest BCUT2D eigenvalue weighted by Gasteiger charge is -2.12. The molecule has 1 aromatic rings. The van der Waals surface area contributed by atoms with Crippen LogP contribution in [0.5, 0.6) is 5.75 Å². The van der Waals surface area contributed by atoms with Crippen molar-refractivity contribution in [2.45, 2.75) is 19.1 Å². The Morgan fingerprint density at radius 2 is 1.94 bits per heavy atom. The van der Waals surface area contributed by atoms with Crippen molar-refractivity contribution in [2.24, 2.45) is 0 Å². The molecular weight excluding hydrogens is 230 g/mol. The summed E-state index contributed by atoms with van der Waals surface area (Å²) in [5, 5.41) is -0.559. The lowest BCUT2D eigenvalue weighted by atomic mass is 10.3. The maximum absolute atomic E-state index is 11.6. The maximum Gasteiger partial charge on any atom is 0.298 e. The molecule has 0 aliphatic carbocycles. The first kappa shape index (κ1) is 12.5. The monoisotopic (exact) mass is 243 g/mol. The van der Waals surface area contributed by atoms with Crippen molar-refractivity contribution in [3.8, 4) is 5.75 Å². The van der Waals surface area contributed by atoms with Crippen molar-refractivity contribution in [1.29, 1.82) is 0 Å². The van der Waals surface area contributed by atoms with Gasteiger partial charge in [0.2, 0.25) is 10.0 Å². The SMILES string of the molecule is CC(C)S(=O)(=O)Nc1ccccc1OC=O. The van der Waals surface area contributed by atoms with Crippen LogP contribution in [-0.2, 0) is 14.8 Å². The van der Waals surface area contributed by atoms with Crippen molar-refractivity contribution in [3.63, 3.8) is 0 Å². The summed E-state index contributed by atoms with van der Waals surface area (Å²) in [5.41, 5.74) is 0.253. The number of para-hydroxylation sites is 2. The first-order chi connectivity index (χ1) is 7.47. The fourth-order valence-corrected chi connectivity index (χ4v) is 1.69. The van der Waals surface area contributed by atoms with Crippen LogP contribution in [0.3, 0.4) is 0 Å². The number of sulfonamides is 1. The Kier molecular flexibility index (Phi) is 3.89. The van der Waals surface area contributed by atoms with Crippen molar-refractivity contribution in [2.75, 3.05) is 4.72 Å². The molecule has 0 saturated heterocycles. The topological polar surface area (TPSA) is 72.5 Å². The highest BCUT2D eigenvalue weighted by Crippen LogP contribution is 2.24. The summed E-state index contributed by atoms with van der Waals surface area (Å²) in [6.45, 7) is 3.37. The lowest BCUT2D eigenvalue weighted by Crippen LogP contribution is -2.22. The maximum atomic E-state index is 11.6. The second-order valence-electron chi connectivity index (χ2n) is 3.41. The largest absolute Gasteiger partial charge is 0.427 e. The number of carbonyl (C=O) groups is 1. The van der Waals surface area contributed by atoms with Gasteiger partial charge in [-0.2, -0.15) is 0 Å². The van der Waals surface area contributed by atoms with Gasteiger partial charge in [0.25, 0.3) is 6.47 Å². The molecule has 0 aliphatic rings. The van der Waals surface area contributed by atoms with E-state index in [1.807, 2.05) is 0 Å². The predicted octanol–water partition coefficient (Wildman–Crippen LogP) is 1.37. The van der Waals surface area contributed by atoms with E-state index in [-0.39, 0.29) is 17.9 Å². The zero-order valence-corrected chi connectivity index (χ0v) is 9.82. The summed E-state index contributed by atoms with van der Waals surface area (Å²) in [4.78, 5) is 10.2. The fraction of sp³-hybridized carbons (Fsp3) is 0.300. The molecule has 1 rings (SSSR count). The van der Waals surface area contributed by atoms with Gasteiger partial charge in [-0.3, -0.25) is 9.52 Å². The molecule has 0 heterocycles. The summed E-state index contributed by atoms with van der Waals surface area (Å²) >= 11 is 0. The predicted molar refractivity (Wildman–Crippen MR) is 60.8 cm³/mol. The first-order valence-electron chi connectivity index (χ1n) is 4.68. The van der Waals surface area contributed by atoms with E-state index in [0.717, 1.165) is 0 Å². The molecule has 16 heavy (non-hydrogen) atoms.